The molecule has 0 saturated heterocycles. The van der Waals surface area contributed by atoms with Gasteiger partial charge in [-0.05, 0) is 49.1 Å². The van der Waals surface area contributed by atoms with E-state index in [-0.39, 0.29) is 29.1 Å². The Hall–Kier alpha value is -3.40. The van der Waals surface area contributed by atoms with Crippen LogP contribution in [0.1, 0.15) is 43.9 Å². The molecule has 3 rings (SSSR count). The molecule has 0 heterocycles. The molecule has 7 nitrogen and oxygen atoms in total. The van der Waals surface area contributed by atoms with Crippen LogP contribution in [0.3, 0.4) is 0 Å². The Morgan fingerprint density at radius 1 is 1.03 bits per heavy atom. The minimum absolute atomic E-state index is 0.0256. The molecular weight excluding hydrogens is 504 g/mol. The molecule has 1 amide bonds. The SMILES string of the molecule is CCC(=S)NC(=N)c1cccc(CN(C(=O)Cc2ccc(-c3ccccc3S(N)(=O)=O)cc2)C(C)C)c1. The summed E-state index contributed by atoms with van der Waals surface area (Å²) >= 11 is 5.19. The zero-order chi connectivity index (χ0) is 27.2. The summed E-state index contributed by atoms with van der Waals surface area (Å²) in [6.45, 7) is 6.29. The second kappa shape index (κ2) is 12.2. The van der Waals surface area contributed by atoms with Crippen LogP contribution in [0, 0.1) is 5.41 Å². The van der Waals surface area contributed by atoms with Crippen molar-refractivity contribution >= 4 is 39.0 Å². The van der Waals surface area contributed by atoms with Gasteiger partial charge in [-0.15, -0.1) is 0 Å². The molecule has 194 valence electrons. The average molecular weight is 537 g/mol. The molecule has 0 saturated carbocycles. The summed E-state index contributed by atoms with van der Waals surface area (Å²) in [5.41, 5.74) is 3.67. The summed E-state index contributed by atoms with van der Waals surface area (Å²) in [7, 11) is -3.86. The molecule has 0 fully saturated rings. The van der Waals surface area contributed by atoms with E-state index in [1.807, 2.05) is 57.2 Å². The molecule has 0 aliphatic rings. The predicted octanol–water partition coefficient (Wildman–Crippen LogP) is 4.63. The number of hydrogen-bond acceptors (Lipinski definition) is 5. The van der Waals surface area contributed by atoms with Gasteiger partial charge in [0.15, 0.2) is 0 Å². The molecule has 0 atom stereocenters. The number of primary sulfonamides is 1. The summed E-state index contributed by atoms with van der Waals surface area (Å²) in [5.74, 6) is 0.207. The van der Waals surface area contributed by atoms with Gasteiger partial charge in [-0.3, -0.25) is 10.2 Å². The number of hydrogen-bond donors (Lipinski definition) is 3. The Bertz CT molecular complexity index is 1400. The fourth-order valence-corrected chi connectivity index (χ4v) is 4.77. The quantitative estimate of drug-likeness (QED) is 0.209. The van der Waals surface area contributed by atoms with Crippen molar-refractivity contribution in [3.05, 3.63) is 89.5 Å². The first-order valence-corrected chi connectivity index (χ1v) is 13.9. The Labute approximate surface area is 224 Å². The zero-order valence-electron chi connectivity index (χ0n) is 21.2. The van der Waals surface area contributed by atoms with Crippen molar-refractivity contribution in [3.63, 3.8) is 0 Å². The summed E-state index contributed by atoms with van der Waals surface area (Å²) in [5, 5.41) is 16.6. The monoisotopic (exact) mass is 536 g/mol. The van der Waals surface area contributed by atoms with Crippen molar-refractivity contribution in [3.8, 4) is 11.1 Å². The lowest BCUT2D eigenvalue weighted by Gasteiger charge is -2.27. The number of nitrogens with one attached hydrogen (secondary N) is 2. The number of nitrogens with two attached hydrogens (primary N) is 1. The molecule has 0 aliphatic carbocycles. The largest absolute Gasteiger partial charge is 0.336 e. The number of sulfonamides is 1. The van der Waals surface area contributed by atoms with Crippen molar-refractivity contribution in [1.82, 2.24) is 10.2 Å². The van der Waals surface area contributed by atoms with Gasteiger partial charge in [-0.25, -0.2) is 13.6 Å². The van der Waals surface area contributed by atoms with Gasteiger partial charge in [-0.2, -0.15) is 0 Å². The van der Waals surface area contributed by atoms with Crippen LogP contribution in [0.25, 0.3) is 11.1 Å². The standard InChI is InChI=1S/C28H32N4O3S2/c1-4-26(36)31-28(29)23-9-7-8-21(16-23)18-32(19(2)3)27(33)17-20-12-14-22(15-13-20)24-10-5-6-11-25(24)37(30,34)35/h5-16,19H,4,17-18H2,1-3H3,(H2,29,31,36)(H2,30,34,35). The lowest BCUT2D eigenvalue weighted by molar-refractivity contribution is -0.132. The summed E-state index contributed by atoms with van der Waals surface area (Å²) in [6, 6.07) is 21.4. The number of amidine groups is 1. The van der Waals surface area contributed by atoms with E-state index < -0.39 is 10.0 Å². The fourth-order valence-electron chi connectivity index (χ4n) is 3.91. The molecule has 9 heteroatoms. The summed E-state index contributed by atoms with van der Waals surface area (Å²) in [4.78, 5) is 15.7. The third kappa shape index (κ3) is 7.55. The third-order valence-corrected chi connectivity index (χ3v) is 7.27. The molecule has 0 radical (unpaired) electrons. The second-order valence-corrected chi connectivity index (χ2v) is 11.0. The maximum atomic E-state index is 13.3. The molecule has 4 N–H and O–H groups in total. The van der Waals surface area contributed by atoms with Crippen LogP contribution in [0.15, 0.2) is 77.7 Å². The van der Waals surface area contributed by atoms with Crippen LogP contribution in [0.4, 0.5) is 0 Å². The Balaban J connectivity index is 1.75. The highest BCUT2D eigenvalue weighted by atomic mass is 32.2. The first-order valence-electron chi connectivity index (χ1n) is 12.0. The number of amides is 1. The molecule has 0 bridgehead atoms. The molecular formula is C28H32N4O3S2. The van der Waals surface area contributed by atoms with E-state index in [4.69, 9.17) is 22.8 Å². The average Bonchev–Trinajstić information content (AvgIpc) is 2.87. The number of carbonyl (C=O) groups excluding carboxylic acids is 1. The van der Waals surface area contributed by atoms with Gasteiger partial charge >= 0.3 is 0 Å². The normalized spacial score (nSPS) is 11.3. The number of rotatable bonds is 9. The van der Waals surface area contributed by atoms with Crippen LogP contribution in [-0.4, -0.2) is 36.1 Å². The van der Waals surface area contributed by atoms with Crippen LogP contribution in [0.2, 0.25) is 0 Å². The zero-order valence-corrected chi connectivity index (χ0v) is 22.8. The molecule has 3 aromatic carbocycles. The molecule has 0 aromatic heterocycles. The number of thiocarbonyl (C=S) groups is 1. The van der Waals surface area contributed by atoms with Crippen molar-refractivity contribution in [2.75, 3.05) is 0 Å². The van der Waals surface area contributed by atoms with Crippen molar-refractivity contribution in [2.24, 2.45) is 5.14 Å². The minimum Gasteiger partial charge on any atom is -0.336 e. The summed E-state index contributed by atoms with van der Waals surface area (Å²) < 4.78 is 23.9. The fraction of sp³-hybridized carbons (Fsp3) is 0.250. The van der Waals surface area contributed by atoms with E-state index in [1.165, 1.54) is 6.07 Å². The van der Waals surface area contributed by atoms with E-state index in [2.05, 4.69) is 5.32 Å². The topological polar surface area (TPSA) is 116 Å². The predicted molar refractivity (Wildman–Crippen MR) is 152 cm³/mol. The van der Waals surface area contributed by atoms with E-state index in [0.717, 1.165) is 11.1 Å². The lowest BCUT2D eigenvalue weighted by atomic mass is 10.0. The first-order chi connectivity index (χ1) is 17.5. The Morgan fingerprint density at radius 3 is 2.32 bits per heavy atom. The third-order valence-electron chi connectivity index (χ3n) is 5.91. The Kier molecular flexibility index (Phi) is 9.31. The molecule has 37 heavy (non-hydrogen) atoms. The lowest BCUT2D eigenvalue weighted by Crippen LogP contribution is -2.37. The minimum atomic E-state index is -3.86. The second-order valence-electron chi connectivity index (χ2n) is 9.01. The van der Waals surface area contributed by atoms with Gasteiger partial charge in [0.1, 0.15) is 5.84 Å². The first kappa shape index (κ1) is 28.2. The number of benzene rings is 3. The van der Waals surface area contributed by atoms with Crippen molar-refractivity contribution in [2.45, 2.75) is 51.1 Å². The van der Waals surface area contributed by atoms with Gasteiger partial charge in [0, 0.05) is 23.7 Å². The van der Waals surface area contributed by atoms with Gasteiger partial charge in [-0.1, -0.05) is 79.8 Å². The maximum Gasteiger partial charge on any atom is 0.238 e. The smallest absolute Gasteiger partial charge is 0.238 e. The molecule has 3 aromatic rings. The highest BCUT2D eigenvalue weighted by Gasteiger charge is 2.19. The maximum absolute atomic E-state index is 13.3. The molecule has 0 unspecified atom stereocenters. The van der Waals surface area contributed by atoms with Crippen LogP contribution in [-0.2, 0) is 27.8 Å². The van der Waals surface area contributed by atoms with Gasteiger partial charge in [0.25, 0.3) is 0 Å². The van der Waals surface area contributed by atoms with E-state index in [0.29, 0.717) is 34.6 Å². The van der Waals surface area contributed by atoms with E-state index in [1.54, 1.807) is 35.2 Å². The van der Waals surface area contributed by atoms with Gasteiger partial charge in [0.05, 0.1) is 16.3 Å². The van der Waals surface area contributed by atoms with E-state index >= 15 is 0 Å². The number of carbonyl (C=O) groups is 1. The molecule has 0 aliphatic heterocycles. The van der Waals surface area contributed by atoms with Crippen molar-refractivity contribution < 1.29 is 13.2 Å². The highest BCUT2D eigenvalue weighted by molar-refractivity contribution is 7.89. The van der Waals surface area contributed by atoms with Gasteiger partial charge in [0.2, 0.25) is 15.9 Å². The number of nitrogens with zero attached hydrogens (tertiary/aromatic N) is 1. The van der Waals surface area contributed by atoms with E-state index in [9.17, 15) is 13.2 Å². The summed E-state index contributed by atoms with van der Waals surface area (Å²) in [6.07, 6.45) is 0.865. The van der Waals surface area contributed by atoms with Crippen molar-refractivity contribution in [1.29, 1.82) is 5.41 Å². The Morgan fingerprint density at radius 2 is 1.70 bits per heavy atom. The molecule has 0 spiro atoms. The van der Waals surface area contributed by atoms with Gasteiger partial charge < -0.3 is 10.2 Å². The van der Waals surface area contributed by atoms with Crippen LogP contribution in [0.5, 0.6) is 0 Å². The van der Waals surface area contributed by atoms with Crippen LogP contribution >= 0.6 is 12.2 Å². The van der Waals surface area contributed by atoms with Crippen LogP contribution < -0.4 is 10.5 Å². The highest BCUT2D eigenvalue weighted by Crippen LogP contribution is 2.27.